The zero-order valence-electron chi connectivity index (χ0n) is 9.41. The molecule has 0 radical (unpaired) electrons. The lowest BCUT2D eigenvalue weighted by atomic mass is 9.87. The highest BCUT2D eigenvalue weighted by molar-refractivity contribution is 5.74. The van der Waals surface area contributed by atoms with Crippen molar-refractivity contribution in [1.82, 2.24) is 0 Å². The first-order chi connectivity index (χ1) is 6.93. The van der Waals surface area contributed by atoms with Crippen LogP contribution >= 0.6 is 0 Å². The molecule has 0 aliphatic rings. The van der Waals surface area contributed by atoms with E-state index in [1.807, 2.05) is 12.1 Å². The van der Waals surface area contributed by atoms with E-state index in [2.05, 4.69) is 20.8 Å². The molecular weight excluding hydrogens is 190 g/mol. The van der Waals surface area contributed by atoms with Crippen molar-refractivity contribution < 1.29 is 9.53 Å². The average molecular weight is 207 g/mol. The van der Waals surface area contributed by atoms with Crippen LogP contribution in [0.2, 0.25) is 0 Å². The Morgan fingerprint density at radius 1 is 1.27 bits per heavy atom. The summed E-state index contributed by atoms with van der Waals surface area (Å²) < 4.78 is 4.97. The van der Waals surface area contributed by atoms with Gasteiger partial charge in [0.05, 0.1) is 6.54 Å². The van der Waals surface area contributed by atoms with Crippen molar-refractivity contribution >= 4 is 5.97 Å². The van der Waals surface area contributed by atoms with Gasteiger partial charge < -0.3 is 10.5 Å². The van der Waals surface area contributed by atoms with Crippen molar-refractivity contribution in [3.8, 4) is 5.75 Å². The molecule has 0 heterocycles. The summed E-state index contributed by atoms with van der Waals surface area (Å²) in [5.74, 6) is 0.122. The van der Waals surface area contributed by atoms with Crippen LogP contribution in [0.5, 0.6) is 5.75 Å². The van der Waals surface area contributed by atoms with E-state index in [0.29, 0.717) is 5.75 Å². The Labute approximate surface area is 90.2 Å². The van der Waals surface area contributed by atoms with Crippen molar-refractivity contribution in [2.45, 2.75) is 26.2 Å². The van der Waals surface area contributed by atoms with Gasteiger partial charge in [0.25, 0.3) is 0 Å². The average Bonchev–Trinajstić information content (AvgIpc) is 2.17. The molecule has 0 aliphatic heterocycles. The highest BCUT2D eigenvalue weighted by Gasteiger charge is 2.13. The predicted molar refractivity (Wildman–Crippen MR) is 59.8 cm³/mol. The number of rotatable bonds is 2. The van der Waals surface area contributed by atoms with Crippen LogP contribution in [-0.2, 0) is 10.2 Å². The fourth-order valence-electron chi connectivity index (χ4n) is 1.20. The number of carbonyl (C=O) groups is 1. The minimum atomic E-state index is -0.418. The van der Waals surface area contributed by atoms with Gasteiger partial charge in [-0.1, -0.05) is 32.9 Å². The van der Waals surface area contributed by atoms with E-state index in [1.54, 1.807) is 12.1 Å². The molecule has 2 N–H and O–H groups in total. The first-order valence-corrected chi connectivity index (χ1v) is 4.95. The van der Waals surface area contributed by atoms with Crippen LogP contribution < -0.4 is 10.5 Å². The zero-order chi connectivity index (χ0) is 11.5. The molecule has 0 atom stereocenters. The Morgan fingerprint density at radius 2 is 1.80 bits per heavy atom. The van der Waals surface area contributed by atoms with Crippen molar-refractivity contribution in [3.63, 3.8) is 0 Å². The topological polar surface area (TPSA) is 52.3 Å². The van der Waals surface area contributed by atoms with Crippen LogP contribution in [0.25, 0.3) is 0 Å². The number of nitrogens with two attached hydrogens (primary N) is 1. The van der Waals surface area contributed by atoms with Crippen LogP contribution in [0, 0.1) is 0 Å². The number of benzene rings is 1. The van der Waals surface area contributed by atoms with Crippen LogP contribution in [0.15, 0.2) is 24.3 Å². The van der Waals surface area contributed by atoms with Gasteiger partial charge in [-0.25, -0.2) is 0 Å². The second-order valence-corrected chi connectivity index (χ2v) is 4.45. The van der Waals surface area contributed by atoms with Crippen LogP contribution in [0.3, 0.4) is 0 Å². The van der Waals surface area contributed by atoms with Gasteiger partial charge >= 0.3 is 5.97 Å². The number of ether oxygens (including phenoxy) is 1. The van der Waals surface area contributed by atoms with E-state index in [4.69, 9.17) is 10.5 Å². The monoisotopic (exact) mass is 207 g/mol. The molecule has 3 heteroatoms. The fraction of sp³-hybridized carbons (Fsp3) is 0.417. The summed E-state index contributed by atoms with van der Waals surface area (Å²) in [4.78, 5) is 10.9. The van der Waals surface area contributed by atoms with Gasteiger partial charge in [0.15, 0.2) is 0 Å². The summed E-state index contributed by atoms with van der Waals surface area (Å²) >= 11 is 0. The molecule has 1 aromatic rings. The van der Waals surface area contributed by atoms with Gasteiger partial charge in [0.2, 0.25) is 0 Å². The maximum absolute atomic E-state index is 10.9. The largest absolute Gasteiger partial charge is 0.426 e. The lowest BCUT2D eigenvalue weighted by Gasteiger charge is -2.18. The smallest absolute Gasteiger partial charge is 0.325 e. The number of hydrogen-bond acceptors (Lipinski definition) is 3. The van der Waals surface area contributed by atoms with E-state index in [9.17, 15) is 4.79 Å². The number of hydrogen-bond donors (Lipinski definition) is 1. The van der Waals surface area contributed by atoms with Crippen LogP contribution in [0.1, 0.15) is 26.3 Å². The van der Waals surface area contributed by atoms with Crippen molar-refractivity contribution in [3.05, 3.63) is 29.8 Å². The van der Waals surface area contributed by atoms with Crippen LogP contribution in [-0.4, -0.2) is 12.5 Å². The van der Waals surface area contributed by atoms with Gasteiger partial charge in [-0.05, 0) is 23.1 Å². The third-order valence-corrected chi connectivity index (χ3v) is 2.12. The lowest BCUT2D eigenvalue weighted by Crippen LogP contribution is -2.19. The molecule has 0 bridgehead atoms. The fourth-order valence-corrected chi connectivity index (χ4v) is 1.20. The third kappa shape index (κ3) is 3.36. The molecule has 0 saturated heterocycles. The van der Waals surface area contributed by atoms with Gasteiger partial charge in [-0.2, -0.15) is 0 Å². The Bertz CT molecular complexity index is 336. The van der Waals surface area contributed by atoms with Gasteiger partial charge in [-0.15, -0.1) is 0 Å². The normalized spacial score (nSPS) is 11.2. The van der Waals surface area contributed by atoms with E-state index in [0.717, 1.165) is 0 Å². The standard InChI is InChI=1S/C12H17NO2/c1-12(2,3)9-4-6-10(7-5-9)15-11(14)8-13/h4-7H,8,13H2,1-3H3. The van der Waals surface area contributed by atoms with E-state index < -0.39 is 5.97 Å². The second kappa shape index (κ2) is 4.45. The maximum Gasteiger partial charge on any atom is 0.325 e. The van der Waals surface area contributed by atoms with Crippen molar-refractivity contribution in [2.75, 3.05) is 6.54 Å². The summed E-state index contributed by atoms with van der Waals surface area (Å²) in [6, 6.07) is 7.49. The minimum absolute atomic E-state index is 0.0962. The first kappa shape index (κ1) is 11.7. The zero-order valence-corrected chi connectivity index (χ0v) is 9.41. The molecule has 0 fully saturated rings. The van der Waals surface area contributed by atoms with Gasteiger partial charge in [0, 0.05) is 0 Å². The number of esters is 1. The molecule has 0 aliphatic carbocycles. The van der Waals surface area contributed by atoms with E-state index in [-0.39, 0.29) is 12.0 Å². The molecule has 1 aromatic carbocycles. The molecule has 0 amide bonds. The molecular formula is C12H17NO2. The highest BCUT2D eigenvalue weighted by atomic mass is 16.5. The van der Waals surface area contributed by atoms with Crippen LogP contribution in [0.4, 0.5) is 0 Å². The molecule has 0 unspecified atom stereocenters. The molecule has 0 aromatic heterocycles. The van der Waals surface area contributed by atoms with E-state index >= 15 is 0 Å². The predicted octanol–water partition coefficient (Wildman–Crippen LogP) is 1.85. The Kier molecular flexibility index (Phi) is 3.48. The number of carbonyl (C=O) groups excluding carboxylic acids is 1. The second-order valence-electron chi connectivity index (χ2n) is 4.45. The summed E-state index contributed by atoms with van der Waals surface area (Å²) in [7, 11) is 0. The van der Waals surface area contributed by atoms with Gasteiger partial charge in [0.1, 0.15) is 5.75 Å². The Hall–Kier alpha value is -1.35. The third-order valence-electron chi connectivity index (χ3n) is 2.12. The Balaban J connectivity index is 2.77. The molecule has 0 spiro atoms. The summed E-state index contributed by atoms with van der Waals surface area (Å²) in [6.07, 6.45) is 0. The summed E-state index contributed by atoms with van der Waals surface area (Å²) in [6.45, 7) is 6.30. The summed E-state index contributed by atoms with van der Waals surface area (Å²) in [5.41, 5.74) is 6.46. The summed E-state index contributed by atoms with van der Waals surface area (Å²) in [5, 5.41) is 0. The minimum Gasteiger partial charge on any atom is -0.426 e. The SMILES string of the molecule is CC(C)(C)c1ccc(OC(=O)CN)cc1. The van der Waals surface area contributed by atoms with E-state index in [1.165, 1.54) is 5.56 Å². The quantitative estimate of drug-likeness (QED) is 0.594. The van der Waals surface area contributed by atoms with Crippen molar-refractivity contribution in [1.29, 1.82) is 0 Å². The van der Waals surface area contributed by atoms with Gasteiger partial charge in [-0.3, -0.25) is 4.79 Å². The maximum atomic E-state index is 10.9. The molecule has 3 nitrogen and oxygen atoms in total. The lowest BCUT2D eigenvalue weighted by molar-refractivity contribution is -0.132. The van der Waals surface area contributed by atoms with Crippen molar-refractivity contribution in [2.24, 2.45) is 5.73 Å². The molecule has 82 valence electrons. The Morgan fingerprint density at radius 3 is 2.20 bits per heavy atom. The molecule has 0 saturated carbocycles. The first-order valence-electron chi connectivity index (χ1n) is 4.95. The molecule has 1 rings (SSSR count). The molecule has 15 heavy (non-hydrogen) atoms. The highest BCUT2D eigenvalue weighted by Crippen LogP contribution is 2.24.